The minimum absolute atomic E-state index is 0.0573. The second-order valence-corrected chi connectivity index (χ2v) is 5.56. The van der Waals surface area contributed by atoms with E-state index in [-0.39, 0.29) is 23.0 Å². The van der Waals surface area contributed by atoms with Crippen LogP contribution in [0.2, 0.25) is 0 Å². The molecule has 1 aromatic rings. The first-order valence-electron chi connectivity index (χ1n) is 5.93. The van der Waals surface area contributed by atoms with Gasteiger partial charge in [-0.05, 0) is 55.1 Å². The molecule has 0 spiro atoms. The van der Waals surface area contributed by atoms with Crippen molar-refractivity contribution in [3.8, 4) is 0 Å². The van der Waals surface area contributed by atoms with E-state index in [4.69, 9.17) is 0 Å². The highest BCUT2D eigenvalue weighted by molar-refractivity contribution is 5.19. The highest BCUT2D eigenvalue weighted by Gasteiger charge is 2.25. The fourth-order valence-corrected chi connectivity index (χ4v) is 1.90. The van der Waals surface area contributed by atoms with E-state index in [9.17, 15) is 8.78 Å². The third-order valence-electron chi connectivity index (χ3n) is 3.15. The van der Waals surface area contributed by atoms with Gasteiger partial charge in [-0.1, -0.05) is 20.8 Å². The second-order valence-electron chi connectivity index (χ2n) is 5.56. The number of nitrogens with one attached hydrogen (secondary N) is 1. The fraction of sp³-hybridized carbons (Fsp3) is 0.571. The van der Waals surface area contributed by atoms with Crippen LogP contribution in [0.5, 0.6) is 0 Å². The maximum Gasteiger partial charge on any atom is 0.126 e. The van der Waals surface area contributed by atoms with Crippen LogP contribution in [0.3, 0.4) is 0 Å². The summed E-state index contributed by atoms with van der Waals surface area (Å²) in [5, 5.41) is 3.11. The molecule has 1 unspecified atom stereocenters. The Bertz CT molecular complexity index is 369. The molecule has 17 heavy (non-hydrogen) atoms. The molecule has 0 aromatic heterocycles. The number of rotatable bonds is 4. The Morgan fingerprint density at radius 2 is 1.88 bits per heavy atom. The molecule has 0 fully saturated rings. The highest BCUT2D eigenvalue weighted by Crippen LogP contribution is 2.29. The van der Waals surface area contributed by atoms with Gasteiger partial charge >= 0.3 is 0 Å². The van der Waals surface area contributed by atoms with Gasteiger partial charge in [0, 0.05) is 0 Å². The highest BCUT2D eigenvalue weighted by atomic mass is 19.1. The minimum Gasteiger partial charge on any atom is -0.319 e. The molecule has 1 aromatic carbocycles. The quantitative estimate of drug-likeness (QED) is 0.852. The summed E-state index contributed by atoms with van der Waals surface area (Å²) in [4.78, 5) is 0. The van der Waals surface area contributed by atoms with Gasteiger partial charge in [-0.25, -0.2) is 8.78 Å². The summed E-state index contributed by atoms with van der Waals surface area (Å²) in [6.45, 7) is 7.14. The molecule has 1 atom stereocenters. The largest absolute Gasteiger partial charge is 0.319 e. The molecule has 0 amide bonds. The lowest BCUT2D eigenvalue weighted by Crippen LogP contribution is -2.32. The molecule has 0 heterocycles. The maximum atomic E-state index is 13.6. The lowest BCUT2D eigenvalue weighted by Gasteiger charge is -2.31. The molecule has 0 aliphatic heterocycles. The van der Waals surface area contributed by atoms with E-state index in [0.29, 0.717) is 12.0 Å². The van der Waals surface area contributed by atoms with Gasteiger partial charge in [-0.15, -0.1) is 0 Å². The van der Waals surface area contributed by atoms with Crippen molar-refractivity contribution in [2.75, 3.05) is 13.6 Å². The first kappa shape index (κ1) is 14.1. The summed E-state index contributed by atoms with van der Waals surface area (Å²) in [7, 11) is 1.88. The molecular formula is C14H21F2N. The normalized spacial score (nSPS) is 13.8. The molecule has 0 bridgehead atoms. The zero-order valence-electron chi connectivity index (χ0n) is 11.0. The van der Waals surface area contributed by atoms with E-state index in [1.54, 1.807) is 0 Å². The van der Waals surface area contributed by atoms with Gasteiger partial charge in [-0.3, -0.25) is 0 Å². The van der Waals surface area contributed by atoms with Crippen LogP contribution >= 0.6 is 0 Å². The van der Waals surface area contributed by atoms with Gasteiger partial charge in [-0.2, -0.15) is 0 Å². The van der Waals surface area contributed by atoms with E-state index in [2.05, 4.69) is 26.1 Å². The molecule has 1 nitrogen and oxygen atoms in total. The molecule has 0 aliphatic carbocycles. The predicted molar refractivity (Wildman–Crippen MR) is 66.9 cm³/mol. The summed E-state index contributed by atoms with van der Waals surface area (Å²) < 4.78 is 26.7. The minimum atomic E-state index is -0.376. The first-order chi connectivity index (χ1) is 7.84. The Morgan fingerprint density at radius 3 is 2.41 bits per heavy atom. The van der Waals surface area contributed by atoms with Crippen molar-refractivity contribution in [1.29, 1.82) is 0 Å². The van der Waals surface area contributed by atoms with Crippen LogP contribution in [-0.4, -0.2) is 13.6 Å². The third kappa shape index (κ3) is 4.08. The van der Waals surface area contributed by atoms with Crippen LogP contribution in [0.25, 0.3) is 0 Å². The molecule has 0 aliphatic rings. The topological polar surface area (TPSA) is 12.0 Å². The zero-order valence-corrected chi connectivity index (χ0v) is 11.0. The van der Waals surface area contributed by atoms with Crippen molar-refractivity contribution in [1.82, 2.24) is 5.32 Å². The molecular weight excluding hydrogens is 220 g/mol. The summed E-state index contributed by atoms with van der Waals surface area (Å²) in [5.74, 6) is -0.431. The fourth-order valence-electron chi connectivity index (χ4n) is 1.90. The van der Waals surface area contributed by atoms with E-state index >= 15 is 0 Å². The van der Waals surface area contributed by atoms with Gasteiger partial charge < -0.3 is 5.32 Å². The van der Waals surface area contributed by atoms with Crippen LogP contribution in [-0.2, 0) is 6.42 Å². The first-order valence-corrected chi connectivity index (χ1v) is 5.93. The average Bonchev–Trinajstić information content (AvgIpc) is 2.21. The molecule has 1 rings (SSSR count). The SMILES string of the molecule is CNCC(Cc1cc(F)ccc1F)C(C)(C)C. The maximum absolute atomic E-state index is 13.6. The van der Waals surface area contributed by atoms with Crippen molar-refractivity contribution < 1.29 is 8.78 Å². The monoisotopic (exact) mass is 241 g/mol. The molecule has 0 saturated heterocycles. The van der Waals surface area contributed by atoms with Gasteiger partial charge in [0.05, 0.1) is 0 Å². The van der Waals surface area contributed by atoms with Crippen LogP contribution in [0, 0.1) is 23.0 Å². The van der Waals surface area contributed by atoms with E-state index < -0.39 is 0 Å². The summed E-state index contributed by atoms with van der Waals surface area (Å²) >= 11 is 0. The van der Waals surface area contributed by atoms with Crippen molar-refractivity contribution in [2.24, 2.45) is 11.3 Å². The van der Waals surface area contributed by atoms with Crippen LogP contribution in [0.15, 0.2) is 18.2 Å². The predicted octanol–water partition coefficient (Wildman–Crippen LogP) is 3.39. The van der Waals surface area contributed by atoms with Crippen LogP contribution in [0.4, 0.5) is 8.78 Å². The van der Waals surface area contributed by atoms with Gasteiger partial charge in [0.25, 0.3) is 0 Å². The molecule has 96 valence electrons. The zero-order chi connectivity index (χ0) is 13.1. The summed E-state index contributed by atoms with van der Waals surface area (Å²) in [5.41, 5.74) is 0.516. The van der Waals surface area contributed by atoms with Crippen molar-refractivity contribution in [3.05, 3.63) is 35.4 Å². The standard InChI is InChI=1S/C14H21F2N/c1-14(2,3)11(9-17-4)7-10-8-12(15)5-6-13(10)16/h5-6,8,11,17H,7,9H2,1-4H3. The molecule has 1 N–H and O–H groups in total. The van der Waals surface area contributed by atoms with Crippen molar-refractivity contribution >= 4 is 0 Å². The van der Waals surface area contributed by atoms with Gasteiger partial charge in [0.1, 0.15) is 11.6 Å². The number of benzene rings is 1. The Morgan fingerprint density at radius 1 is 1.24 bits per heavy atom. The van der Waals surface area contributed by atoms with Crippen LogP contribution < -0.4 is 5.32 Å². The number of hydrogen-bond donors (Lipinski definition) is 1. The lowest BCUT2D eigenvalue weighted by atomic mass is 9.77. The van der Waals surface area contributed by atoms with Crippen molar-refractivity contribution in [3.63, 3.8) is 0 Å². The molecule has 0 radical (unpaired) electrons. The Hall–Kier alpha value is -0.960. The summed E-state index contributed by atoms with van der Waals surface area (Å²) in [6, 6.07) is 3.65. The Kier molecular flexibility index (Phi) is 4.63. The van der Waals surface area contributed by atoms with E-state index in [0.717, 1.165) is 12.6 Å². The van der Waals surface area contributed by atoms with Gasteiger partial charge in [0.2, 0.25) is 0 Å². The van der Waals surface area contributed by atoms with E-state index in [1.165, 1.54) is 12.1 Å². The van der Waals surface area contributed by atoms with E-state index in [1.807, 2.05) is 7.05 Å². The average molecular weight is 241 g/mol. The lowest BCUT2D eigenvalue weighted by molar-refractivity contribution is 0.233. The Balaban J connectivity index is 2.89. The Labute approximate surface area is 102 Å². The number of hydrogen-bond acceptors (Lipinski definition) is 1. The molecule has 3 heteroatoms. The summed E-state index contributed by atoms with van der Waals surface area (Å²) in [6.07, 6.45) is 0.550. The van der Waals surface area contributed by atoms with Gasteiger partial charge in [0.15, 0.2) is 0 Å². The number of halogens is 2. The molecule has 0 saturated carbocycles. The van der Waals surface area contributed by atoms with Crippen molar-refractivity contribution in [2.45, 2.75) is 27.2 Å². The smallest absolute Gasteiger partial charge is 0.126 e. The third-order valence-corrected chi connectivity index (χ3v) is 3.15. The second kappa shape index (κ2) is 5.58. The van der Waals surface area contributed by atoms with Crippen LogP contribution in [0.1, 0.15) is 26.3 Å².